The molecule has 0 amide bonds. The molecule has 0 aliphatic carbocycles. The Balaban J connectivity index is 2.11. The van der Waals surface area contributed by atoms with Crippen LogP contribution in [0.15, 0.2) is 48.5 Å². The van der Waals surface area contributed by atoms with Gasteiger partial charge in [0.05, 0.1) is 0 Å². The average molecular weight is 243 g/mol. The van der Waals surface area contributed by atoms with E-state index < -0.39 is 0 Å². The Morgan fingerprint density at radius 2 is 1.59 bits per heavy atom. The van der Waals surface area contributed by atoms with Crippen molar-refractivity contribution in [3.8, 4) is 5.75 Å². The summed E-state index contributed by atoms with van der Waals surface area (Å²) < 4.78 is 5.57. The first-order valence-electron chi connectivity index (χ1n) is 5.29. The highest BCUT2D eigenvalue weighted by Gasteiger charge is 2.03. The summed E-state index contributed by atoms with van der Waals surface area (Å²) in [6, 6.07) is 15.1. The Labute approximate surface area is 106 Å². The lowest BCUT2D eigenvalue weighted by Gasteiger charge is -2.07. The Morgan fingerprint density at radius 1 is 1.00 bits per heavy atom. The van der Waals surface area contributed by atoms with E-state index >= 15 is 0 Å². The fourth-order valence-corrected chi connectivity index (χ4v) is 1.62. The van der Waals surface area contributed by atoms with Gasteiger partial charge in [-0.25, -0.2) is 0 Å². The molecular formula is C14H13NOS. The average Bonchev–Trinajstić information content (AvgIpc) is 2.33. The number of thiocarbonyl (C=S) groups is 1. The zero-order chi connectivity index (χ0) is 12.3. The number of ether oxygens (including phenoxy) is 1. The van der Waals surface area contributed by atoms with Crippen molar-refractivity contribution in [3.05, 3.63) is 59.7 Å². The Hall–Kier alpha value is -1.87. The van der Waals surface area contributed by atoms with E-state index in [9.17, 15) is 0 Å². The summed E-state index contributed by atoms with van der Waals surface area (Å²) in [5.41, 5.74) is 8.41. The monoisotopic (exact) mass is 243 g/mol. The number of aryl methyl sites for hydroxylation is 1. The Kier molecular flexibility index (Phi) is 3.40. The summed E-state index contributed by atoms with van der Waals surface area (Å²) in [4.78, 5) is 0. The second-order valence-electron chi connectivity index (χ2n) is 3.82. The van der Waals surface area contributed by atoms with Crippen LogP contribution >= 0.6 is 12.2 Å². The molecule has 0 unspecified atom stereocenters. The van der Waals surface area contributed by atoms with E-state index in [2.05, 4.69) is 0 Å². The molecule has 17 heavy (non-hydrogen) atoms. The standard InChI is InChI=1S/C14H13NOS/c1-10-2-4-11(5-3-10)14(17)16-13-8-6-12(15)7-9-13/h2-9H,15H2,1H3. The molecule has 0 heterocycles. The first-order chi connectivity index (χ1) is 8.15. The molecule has 0 spiro atoms. The van der Waals surface area contributed by atoms with Crippen molar-refractivity contribution in [1.29, 1.82) is 0 Å². The first-order valence-corrected chi connectivity index (χ1v) is 5.70. The van der Waals surface area contributed by atoms with E-state index in [1.807, 2.05) is 31.2 Å². The number of anilines is 1. The van der Waals surface area contributed by atoms with Crippen LogP contribution in [-0.2, 0) is 0 Å². The zero-order valence-corrected chi connectivity index (χ0v) is 10.3. The van der Waals surface area contributed by atoms with Gasteiger partial charge in [0.15, 0.2) is 5.05 Å². The maximum Gasteiger partial charge on any atom is 0.198 e. The van der Waals surface area contributed by atoms with Gasteiger partial charge in [0.25, 0.3) is 0 Å². The van der Waals surface area contributed by atoms with Gasteiger partial charge >= 0.3 is 0 Å². The fourth-order valence-electron chi connectivity index (χ4n) is 1.39. The summed E-state index contributed by atoms with van der Waals surface area (Å²) >= 11 is 5.23. The zero-order valence-electron chi connectivity index (χ0n) is 9.51. The molecule has 86 valence electrons. The predicted molar refractivity (Wildman–Crippen MR) is 74.4 cm³/mol. The molecule has 0 aromatic heterocycles. The highest BCUT2D eigenvalue weighted by Crippen LogP contribution is 2.15. The maximum absolute atomic E-state index is 5.60. The summed E-state index contributed by atoms with van der Waals surface area (Å²) in [6.07, 6.45) is 0. The maximum atomic E-state index is 5.60. The smallest absolute Gasteiger partial charge is 0.198 e. The van der Waals surface area contributed by atoms with E-state index in [-0.39, 0.29) is 0 Å². The minimum atomic E-state index is 0.467. The van der Waals surface area contributed by atoms with Crippen LogP contribution in [0.2, 0.25) is 0 Å². The van der Waals surface area contributed by atoms with Crippen molar-refractivity contribution in [3.63, 3.8) is 0 Å². The summed E-state index contributed by atoms with van der Waals surface area (Å²) in [5.74, 6) is 0.699. The van der Waals surface area contributed by atoms with Crippen LogP contribution in [0.3, 0.4) is 0 Å². The number of nitrogens with two attached hydrogens (primary N) is 1. The van der Waals surface area contributed by atoms with E-state index in [4.69, 9.17) is 22.7 Å². The van der Waals surface area contributed by atoms with Crippen LogP contribution in [0.4, 0.5) is 5.69 Å². The van der Waals surface area contributed by atoms with Gasteiger partial charge in [0.2, 0.25) is 0 Å². The van der Waals surface area contributed by atoms with Crippen molar-refractivity contribution < 1.29 is 4.74 Å². The largest absolute Gasteiger partial charge is 0.445 e. The van der Waals surface area contributed by atoms with Gasteiger partial charge in [0, 0.05) is 11.3 Å². The summed E-state index contributed by atoms with van der Waals surface area (Å²) in [6.45, 7) is 2.04. The SMILES string of the molecule is Cc1ccc(C(=S)Oc2ccc(N)cc2)cc1. The molecular weight excluding hydrogens is 230 g/mol. The van der Waals surface area contributed by atoms with Crippen LogP contribution < -0.4 is 10.5 Å². The third kappa shape index (κ3) is 3.04. The minimum Gasteiger partial charge on any atom is -0.445 e. The normalized spacial score (nSPS) is 9.94. The van der Waals surface area contributed by atoms with E-state index in [0.717, 1.165) is 5.56 Å². The third-order valence-electron chi connectivity index (χ3n) is 2.38. The highest BCUT2D eigenvalue weighted by atomic mass is 32.1. The summed E-state index contributed by atoms with van der Waals surface area (Å²) in [5, 5.41) is 0.467. The van der Waals surface area contributed by atoms with Crippen molar-refractivity contribution in [2.75, 3.05) is 5.73 Å². The molecule has 0 atom stereocenters. The van der Waals surface area contributed by atoms with Gasteiger partial charge < -0.3 is 10.5 Å². The van der Waals surface area contributed by atoms with E-state index in [1.54, 1.807) is 24.3 Å². The Bertz CT molecular complexity index is 517. The number of hydrogen-bond acceptors (Lipinski definition) is 3. The van der Waals surface area contributed by atoms with Gasteiger partial charge in [-0.3, -0.25) is 0 Å². The molecule has 2 aromatic rings. The van der Waals surface area contributed by atoms with Gasteiger partial charge in [-0.05, 0) is 43.4 Å². The second kappa shape index (κ2) is 4.97. The van der Waals surface area contributed by atoms with E-state index in [1.165, 1.54) is 5.56 Å². The summed E-state index contributed by atoms with van der Waals surface area (Å²) in [7, 11) is 0. The number of rotatable bonds is 2. The molecule has 2 nitrogen and oxygen atoms in total. The van der Waals surface area contributed by atoms with Crippen LogP contribution in [0.25, 0.3) is 0 Å². The lowest BCUT2D eigenvalue weighted by Crippen LogP contribution is -2.06. The Morgan fingerprint density at radius 3 is 2.18 bits per heavy atom. The molecule has 2 aromatic carbocycles. The van der Waals surface area contributed by atoms with Gasteiger partial charge in [0.1, 0.15) is 5.75 Å². The third-order valence-corrected chi connectivity index (χ3v) is 2.70. The minimum absolute atomic E-state index is 0.467. The topological polar surface area (TPSA) is 35.2 Å². The molecule has 0 radical (unpaired) electrons. The molecule has 2 rings (SSSR count). The van der Waals surface area contributed by atoms with Crippen molar-refractivity contribution in [2.45, 2.75) is 6.92 Å². The molecule has 0 aliphatic heterocycles. The lowest BCUT2D eigenvalue weighted by molar-refractivity contribution is 0.567. The molecule has 0 aliphatic rings. The molecule has 0 saturated carbocycles. The lowest BCUT2D eigenvalue weighted by atomic mass is 10.2. The van der Waals surface area contributed by atoms with Gasteiger partial charge in [-0.1, -0.05) is 29.8 Å². The second-order valence-corrected chi connectivity index (χ2v) is 4.20. The van der Waals surface area contributed by atoms with Crippen molar-refractivity contribution >= 4 is 23.0 Å². The van der Waals surface area contributed by atoms with Crippen LogP contribution in [0.1, 0.15) is 11.1 Å². The van der Waals surface area contributed by atoms with E-state index in [0.29, 0.717) is 16.5 Å². The highest BCUT2D eigenvalue weighted by molar-refractivity contribution is 7.80. The van der Waals surface area contributed by atoms with Gasteiger partial charge in [-0.2, -0.15) is 0 Å². The quantitative estimate of drug-likeness (QED) is 0.649. The first kappa shape index (κ1) is 11.6. The predicted octanol–water partition coefficient (Wildman–Crippen LogP) is 3.33. The van der Waals surface area contributed by atoms with Crippen LogP contribution in [-0.4, -0.2) is 5.05 Å². The number of nitrogen functional groups attached to an aromatic ring is 1. The molecule has 0 fully saturated rings. The molecule has 0 bridgehead atoms. The molecule has 3 heteroatoms. The fraction of sp³-hybridized carbons (Fsp3) is 0.0714. The van der Waals surface area contributed by atoms with Gasteiger partial charge in [-0.15, -0.1) is 0 Å². The number of benzene rings is 2. The molecule has 0 saturated heterocycles. The van der Waals surface area contributed by atoms with Crippen LogP contribution in [0, 0.1) is 6.92 Å². The molecule has 2 N–H and O–H groups in total. The number of hydrogen-bond donors (Lipinski definition) is 1. The van der Waals surface area contributed by atoms with Crippen molar-refractivity contribution in [1.82, 2.24) is 0 Å². The van der Waals surface area contributed by atoms with Crippen molar-refractivity contribution in [2.24, 2.45) is 0 Å². The van der Waals surface area contributed by atoms with Crippen LogP contribution in [0.5, 0.6) is 5.75 Å².